The van der Waals surface area contributed by atoms with Crippen molar-refractivity contribution in [3.8, 4) is 5.75 Å². The normalized spacial score (nSPS) is 24.9. The van der Waals surface area contributed by atoms with Gasteiger partial charge in [0, 0.05) is 49.4 Å². The summed E-state index contributed by atoms with van der Waals surface area (Å²) in [5, 5.41) is 13.2. The molecule has 1 aromatic heterocycles. The summed E-state index contributed by atoms with van der Waals surface area (Å²) >= 11 is 0. The molecular formula is C30H28F3N3O6. The topological polar surface area (TPSA) is 110 Å². The molecule has 1 unspecified atom stereocenters. The Kier molecular flexibility index (Phi) is 7.06. The molecule has 2 aromatic carbocycles. The SMILES string of the molecule is C[C@H]1CC[C@]2(COC(Cc3ccccc3)O2)[C@H]2CN1C(=O)c1c(O)c(=O)c(C(=O)NCc3c(F)cc(F)cc3F)cn12. The molecule has 0 radical (unpaired) electrons. The molecule has 0 aliphatic carbocycles. The average molecular weight is 584 g/mol. The van der Waals surface area contributed by atoms with Crippen LogP contribution in [0, 0.1) is 17.5 Å². The van der Waals surface area contributed by atoms with E-state index in [1.807, 2.05) is 37.3 Å². The number of ether oxygens (including phenoxy) is 2. The largest absolute Gasteiger partial charge is 0.503 e. The van der Waals surface area contributed by atoms with Crippen LogP contribution in [0.4, 0.5) is 13.2 Å². The molecule has 4 heterocycles. The van der Waals surface area contributed by atoms with E-state index in [0.29, 0.717) is 31.4 Å². The molecule has 220 valence electrons. The van der Waals surface area contributed by atoms with Crippen molar-refractivity contribution in [2.75, 3.05) is 13.2 Å². The van der Waals surface area contributed by atoms with Gasteiger partial charge < -0.3 is 29.4 Å². The maximum absolute atomic E-state index is 14.1. The minimum absolute atomic E-state index is 0.181. The molecule has 0 saturated carbocycles. The molecule has 6 rings (SSSR count). The first-order valence-electron chi connectivity index (χ1n) is 13.6. The number of hydrogen-bond donors (Lipinski definition) is 2. The lowest BCUT2D eigenvalue weighted by atomic mass is 9.88. The summed E-state index contributed by atoms with van der Waals surface area (Å²) in [6, 6.07) is 9.76. The van der Waals surface area contributed by atoms with E-state index < -0.39 is 76.0 Å². The fourth-order valence-electron chi connectivity index (χ4n) is 6.09. The maximum atomic E-state index is 14.1. The Bertz CT molecular complexity index is 1610. The third kappa shape index (κ3) is 4.74. The van der Waals surface area contributed by atoms with Gasteiger partial charge >= 0.3 is 0 Å². The van der Waals surface area contributed by atoms with Gasteiger partial charge in [0.1, 0.15) is 28.6 Å². The van der Waals surface area contributed by atoms with Crippen molar-refractivity contribution < 1.29 is 37.3 Å². The second-order valence-electron chi connectivity index (χ2n) is 11.0. The summed E-state index contributed by atoms with van der Waals surface area (Å²) in [6.07, 6.45) is 2.16. The monoisotopic (exact) mass is 583 g/mol. The Balaban J connectivity index is 1.35. The van der Waals surface area contributed by atoms with Gasteiger partial charge in [-0.3, -0.25) is 14.4 Å². The molecule has 12 heteroatoms. The highest BCUT2D eigenvalue weighted by atomic mass is 19.1. The van der Waals surface area contributed by atoms with E-state index in [9.17, 15) is 32.7 Å². The number of pyridine rings is 1. The standard InChI is InChI=1S/C30H28F3N3O6/c1-16-7-8-30(15-41-24(42-30)9-17-5-3-2-4-6-17)23-14-35(16)29(40)25-27(38)26(37)20(13-36(23)25)28(39)34-12-19-21(32)10-18(31)11-22(19)33/h2-6,10-11,13,16,23-24,38H,7-9,12,14-15H2,1H3,(H,34,39)/t16-,23+,24?,30-/m0/s1. The lowest BCUT2D eigenvalue weighted by Gasteiger charge is -2.42. The van der Waals surface area contributed by atoms with Gasteiger partial charge in [0.15, 0.2) is 17.7 Å². The molecule has 1 spiro atoms. The van der Waals surface area contributed by atoms with Crippen LogP contribution < -0.4 is 10.7 Å². The molecule has 3 aliphatic rings. The number of rotatable bonds is 5. The van der Waals surface area contributed by atoms with Crippen molar-refractivity contribution >= 4 is 11.8 Å². The molecule has 2 fully saturated rings. The molecule has 42 heavy (non-hydrogen) atoms. The summed E-state index contributed by atoms with van der Waals surface area (Å²) in [4.78, 5) is 41.3. The predicted molar refractivity (Wildman–Crippen MR) is 142 cm³/mol. The summed E-state index contributed by atoms with van der Waals surface area (Å²) < 4.78 is 55.6. The second-order valence-corrected chi connectivity index (χ2v) is 11.0. The zero-order valence-corrected chi connectivity index (χ0v) is 22.6. The smallest absolute Gasteiger partial charge is 0.274 e. The number of halogens is 3. The quantitative estimate of drug-likeness (QED) is 0.477. The number of benzene rings is 2. The highest BCUT2D eigenvalue weighted by molar-refractivity contribution is 5.99. The van der Waals surface area contributed by atoms with E-state index >= 15 is 0 Å². The minimum Gasteiger partial charge on any atom is -0.503 e. The summed E-state index contributed by atoms with van der Waals surface area (Å²) in [7, 11) is 0. The third-order valence-electron chi connectivity index (χ3n) is 8.40. The van der Waals surface area contributed by atoms with Crippen LogP contribution in [0.5, 0.6) is 5.75 Å². The first-order chi connectivity index (χ1) is 20.1. The number of hydrogen-bond acceptors (Lipinski definition) is 6. The van der Waals surface area contributed by atoms with Crippen molar-refractivity contribution in [2.45, 2.75) is 56.7 Å². The number of carbonyl (C=O) groups is 2. The summed E-state index contributed by atoms with van der Waals surface area (Å²) in [6.45, 7) is 1.56. The fraction of sp³-hybridized carbons (Fsp3) is 0.367. The summed E-state index contributed by atoms with van der Waals surface area (Å²) in [5.41, 5.74) is -2.45. The molecular weight excluding hydrogens is 555 g/mol. The molecule has 3 aromatic rings. The van der Waals surface area contributed by atoms with Gasteiger partial charge in [0.2, 0.25) is 5.43 Å². The molecule has 2 saturated heterocycles. The third-order valence-corrected chi connectivity index (χ3v) is 8.40. The Hall–Kier alpha value is -4.16. The fourth-order valence-corrected chi connectivity index (χ4v) is 6.09. The number of nitrogens with zero attached hydrogens (tertiary/aromatic N) is 2. The van der Waals surface area contributed by atoms with E-state index in [0.717, 1.165) is 5.56 Å². The van der Waals surface area contributed by atoms with Crippen LogP contribution in [-0.2, 0) is 22.4 Å². The van der Waals surface area contributed by atoms with Crippen LogP contribution in [0.15, 0.2) is 53.5 Å². The van der Waals surface area contributed by atoms with Crippen LogP contribution in [-0.4, -0.2) is 57.5 Å². The highest BCUT2D eigenvalue weighted by Gasteiger charge is 2.54. The van der Waals surface area contributed by atoms with Crippen molar-refractivity contribution in [3.05, 3.63) is 98.7 Å². The highest BCUT2D eigenvalue weighted by Crippen LogP contribution is 2.45. The number of aromatic nitrogens is 1. The van der Waals surface area contributed by atoms with Crippen LogP contribution in [0.25, 0.3) is 0 Å². The van der Waals surface area contributed by atoms with Crippen LogP contribution in [0.1, 0.15) is 57.8 Å². The molecule has 2 bridgehead atoms. The maximum Gasteiger partial charge on any atom is 0.274 e. The van der Waals surface area contributed by atoms with E-state index in [1.165, 1.54) is 10.8 Å². The molecule has 9 nitrogen and oxygen atoms in total. The van der Waals surface area contributed by atoms with Gasteiger partial charge in [0.05, 0.1) is 12.6 Å². The summed E-state index contributed by atoms with van der Waals surface area (Å²) in [5.74, 6) is -6.04. The zero-order valence-electron chi connectivity index (χ0n) is 22.6. The van der Waals surface area contributed by atoms with E-state index in [1.54, 1.807) is 4.90 Å². The van der Waals surface area contributed by atoms with Gasteiger partial charge in [-0.25, -0.2) is 13.2 Å². The van der Waals surface area contributed by atoms with Gasteiger partial charge in [-0.2, -0.15) is 0 Å². The van der Waals surface area contributed by atoms with E-state index in [4.69, 9.17) is 9.47 Å². The molecule has 3 aliphatic heterocycles. The number of carbonyl (C=O) groups excluding carboxylic acids is 2. The van der Waals surface area contributed by atoms with Crippen molar-refractivity contribution in [1.29, 1.82) is 0 Å². The molecule has 2 N–H and O–H groups in total. The van der Waals surface area contributed by atoms with Gasteiger partial charge in [-0.05, 0) is 25.3 Å². The lowest BCUT2D eigenvalue weighted by molar-refractivity contribution is -0.108. The van der Waals surface area contributed by atoms with E-state index in [2.05, 4.69) is 5.32 Å². The predicted octanol–water partition coefficient (Wildman–Crippen LogP) is 3.43. The number of aromatic hydroxyl groups is 1. The van der Waals surface area contributed by atoms with Gasteiger partial charge in [0.25, 0.3) is 11.8 Å². The van der Waals surface area contributed by atoms with Gasteiger partial charge in [-0.15, -0.1) is 0 Å². The van der Waals surface area contributed by atoms with Gasteiger partial charge in [-0.1, -0.05) is 30.3 Å². The number of amides is 2. The Morgan fingerprint density at radius 1 is 1.14 bits per heavy atom. The number of fused-ring (bicyclic) bond motifs is 5. The minimum atomic E-state index is -1.21. The van der Waals surface area contributed by atoms with E-state index in [-0.39, 0.29) is 24.9 Å². The first-order valence-corrected chi connectivity index (χ1v) is 13.6. The average Bonchev–Trinajstić information content (AvgIpc) is 3.31. The Morgan fingerprint density at radius 2 is 1.86 bits per heavy atom. The van der Waals surface area contributed by atoms with Crippen molar-refractivity contribution in [2.24, 2.45) is 0 Å². The van der Waals surface area contributed by atoms with Crippen LogP contribution >= 0.6 is 0 Å². The molecule has 2 amide bonds. The van der Waals surface area contributed by atoms with Crippen molar-refractivity contribution in [3.63, 3.8) is 0 Å². The van der Waals surface area contributed by atoms with Crippen LogP contribution in [0.2, 0.25) is 0 Å². The number of nitrogens with one attached hydrogen (secondary N) is 1. The lowest BCUT2D eigenvalue weighted by Crippen LogP contribution is -2.53. The van der Waals surface area contributed by atoms with Crippen molar-refractivity contribution in [1.82, 2.24) is 14.8 Å². The first kappa shape index (κ1) is 28.0. The zero-order chi connectivity index (χ0) is 29.8. The second kappa shape index (κ2) is 10.6. The Labute approximate surface area is 238 Å². The van der Waals surface area contributed by atoms with Crippen LogP contribution in [0.3, 0.4) is 0 Å². The Morgan fingerprint density at radius 3 is 2.57 bits per heavy atom. The molecule has 4 atom stereocenters.